The highest BCUT2D eigenvalue weighted by Gasteiger charge is 2.24. The van der Waals surface area contributed by atoms with Gasteiger partial charge in [0.2, 0.25) is 0 Å². The molecule has 7 nitrogen and oxygen atoms in total. The first kappa shape index (κ1) is 23.2. The van der Waals surface area contributed by atoms with Gasteiger partial charge in [-0.3, -0.25) is 9.79 Å². The van der Waals surface area contributed by atoms with Gasteiger partial charge in [0.05, 0.1) is 19.8 Å². The van der Waals surface area contributed by atoms with Crippen LogP contribution in [0.5, 0.6) is 0 Å². The fourth-order valence-electron chi connectivity index (χ4n) is 3.30. The van der Waals surface area contributed by atoms with Crippen molar-refractivity contribution in [1.29, 1.82) is 0 Å². The molecule has 7 heteroatoms. The number of aliphatic imine (C=N–C) groups is 1. The Balaban J connectivity index is 1.84. The molecule has 0 radical (unpaired) electrons. The van der Waals surface area contributed by atoms with Gasteiger partial charge in [-0.25, -0.2) is 0 Å². The molecule has 1 aliphatic heterocycles. The smallest absolute Gasteiger partial charge is 0.251 e. The first-order chi connectivity index (χ1) is 14.1. The molecular formula is C22H36N4O3. The van der Waals surface area contributed by atoms with E-state index in [1.807, 2.05) is 31.2 Å². The lowest BCUT2D eigenvalue weighted by molar-refractivity contribution is 0.0536. The van der Waals surface area contributed by atoms with Crippen molar-refractivity contribution in [3.8, 4) is 0 Å². The van der Waals surface area contributed by atoms with E-state index in [9.17, 15) is 4.79 Å². The van der Waals surface area contributed by atoms with Gasteiger partial charge in [0.25, 0.3) is 5.91 Å². The van der Waals surface area contributed by atoms with Crippen LogP contribution in [-0.2, 0) is 16.0 Å². The number of methoxy groups -OCH3 is 1. The molecule has 1 saturated heterocycles. The van der Waals surface area contributed by atoms with Crippen LogP contribution in [-0.4, -0.2) is 69.9 Å². The minimum atomic E-state index is -0.0264. The monoisotopic (exact) mass is 404 g/mol. The van der Waals surface area contributed by atoms with E-state index in [0.29, 0.717) is 31.2 Å². The molecule has 1 heterocycles. The molecule has 0 spiro atoms. The topological polar surface area (TPSA) is 75.2 Å². The summed E-state index contributed by atoms with van der Waals surface area (Å²) < 4.78 is 10.7. The molecule has 0 aliphatic carbocycles. The summed E-state index contributed by atoms with van der Waals surface area (Å²) in [7, 11) is 3.49. The van der Waals surface area contributed by atoms with E-state index >= 15 is 0 Å². The van der Waals surface area contributed by atoms with Gasteiger partial charge in [-0.05, 0) is 37.5 Å². The molecule has 0 saturated carbocycles. The van der Waals surface area contributed by atoms with Gasteiger partial charge in [0, 0.05) is 51.3 Å². The van der Waals surface area contributed by atoms with Crippen molar-refractivity contribution in [3.63, 3.8) is 0 Å². The second kappa shape index (κ2) is 12.4. The molecule has 1 aromatic rings. The maximum atomic E-state index is 12.3. The lowest BCUT2D eigenvalue weighted by atomic mass is 10.1. The predicted octanol–water partition coefficient (Wildman–Crippen LogP) is 2.28. The highest BCUT2D eigenvalue weighted by Crippen LogP contribution is 2.17. The Labute approximate surface area is 174 Å². The molecule has 1 aromatic carbocycles. The fraction of sp³-hybridized carbons (Fsp3) is 0.636. The Bertz CT molecular complexity index is 665. The number of amides is 1. The number of rotatable bonds is 10. The molecule has 2 rings (SSSR count). The number of hydrogen-bond donors (Lipinski definition) is 2. The average molecular weight is 405 g/mol. The molecule has 2 atom stereocenters. The summed E-state index contributed by atoms with van der Waals surface area (Å²) in [6.45, 7) is 8.63. The third-order valence-corrected chi connectivity index (χ3v) is 5.21. The number of guanidine groups is 1. The lowest BCUT2D eigenvalue weighted by Gasteiger charge is -2.22. The highest BCUT2D eigenvalue weighted by atomic mass is 16.5. The van der Waals surface area contributed by atoms with E-state index in [0.717, 1.165) is 44.1 Å². The lowest BCUT2D eigenvalue weighted by Crippen LogP contribution is -2.40. The normalized spacial score (nSPS) is 18.0. The van der Waals surface area contributed by atoms with Gasteiger partial charge in [0.15, 0.2) is 5.96 Å². The number of ether oxygens (including phenoxy) is 2. The minimum absolute atomic E-state index is 0.0264. The van der Waals surface area contributed by atoms with Crippen molar-refractivity contribution in [2.45, 2.75) is 39.3 Å². The van der Waals surface area contributed by atoms with Gasteiger partial charge in [0.1, 0.15) is 0 Å². The number of nitrogens with zero attached hydrogens (tertiary/aromatic N) is 2. The molecule has 0 bridgehead atoms. The molecule has 2 unspecified atom stereocenters. The number of carbonyl (C=O) groups is 1. The predicted molar refractivity (Wildman–Crippen MR) is 116 cm³/mol. The average Bonchev–Trinajstić information content (AvgIpc) is 3.20. The van der Waals surface area contributed by atoms with Crippen molar-refractivity contribution in [2.24, 2.45) is 10.9 Å². The van der Waals surface area contributed by atoms with Crippen molar-refractivity contribution in [3.05, 3.63) is 35.4 Å². The summed E-state index contributed by atoms with van der Waals surface area (Å²) in [5.74, 6) is 1.37. The molecule has 2 N–H and O–H groups in total. The molecule has 0 aromatic heterocycles. The summed E-state index contributed by atoms with van der Waals surface area (Å²) in [6, 6.07) is 7.91. The molecular weight excluding hydrogens is 368 g/mol. The Hall–Kier alpha value is -2.12. The zero-order valence-electron chi connectivity index (χ0n) is 18.2. The van der Waals surface area contributed by atoms with Crippen molar-refractivity contribution >= 4 is 11.9 Å². The summed E-state index contributed by atoms with van der Waals surface area (Å²) in [6.07, 6.45) is 2.01. The first-order valence-corrected chi connectivity index (χ1v) is 10.5. The van der Waals surface area contributed by atoms with Gasteiger partial charge >= 0.3 is 0 Å². The van der Waals surface area contributed by atoms with Crippen LogP contribution in [0, 0.1) is 5.92 Å². The standard InChI is InChI=1S/C22H36N4O3/c1-5-17(2)25-21(27)20-8-6-7-18(13-20)14-24-22(23-3)26-10-9-19(15-26)16-29-12-11-28-4/h6-8,13,17,19H,5,9-12,14-16H2,1-4H3,(H,23,24)(H,25,27). The zero-order chi connectivity index (χ0) is 21.1. The van der Waals surface area contributed by atoms with Crippen LogP contribution in [0.15, 0.2) is 29.3 Å². The summed E-state index contributed by atoms with van der Waals surface area (Å²) in [5.41, 5.74) is 1.75. The number of hydrogen-bond acceptors (Lipinski definition) is 4. The SMILES string of the molecule is CCC(C)NC(=O)c1cccc(CNC(=NC)N2CCC(COCCOC)C2)c1. The number of carbonyl (C=O) groups excluding carboxylic acids is 1. The molecule has 1 aliphatic rings. The van der Waals surface area contributed by atoms with Gasteiger partial charge in [-0.15, -0.1) is 0 Å². The van der Waals surface area contributed by atoms with Crippen LogP contribution in [0.4, 0.5) is 0 Å². The van der Waals surface area contributed by atoms with Crippen LogP contribution >= 0.6 is 0 Å². The summed E-state index contributed by atoms with van der Waals surface area (Å²) >= 11 is 0. The third-order valence-electron chi connectivity index (χ3n) is 5.21. The van der Waals surface area contributed by atoms with E-state index in [-0.39, 0.29) is 11.9 Å². The Morgan fingerprint density at radius 1 is 1.38 bits per heavy atom. The van der Waals surface area contributed by atoms with E-state index in [1.54, 1.807) is 14.2 Å². The quantitative estimate of drug-likeness (QED) is 0.355. The second-order valence-electron chi connectivity index (χ2n) is 7.55. The Kier molecular flexibility index (Phi) is 9.94. The zero-order valence-corrected chi connectivity index (χ0v) is 18.2. The molecule has 29 heavy (non-hydrogen) atoms. The molecule has 1 fully saturated rings. The highest BCUT2D eigenvalue weighted by molar-refractivity contribution is 5.94. The van der Waals surface area contributed by atoms with Crippen molar-refractivity contribution < 1.29 is 14.3 Å². The van der Waals surface area contributed by atoms with Gasteiger partial charge in [-0.1, -0.05) is 19.1 Å². The molecule has 1 amide bonds. The van der Waals surface area contributed by atoms with Crippen LogP contribution in [0.1, 0.15) is 42.6 Å². The van der Waals surface area contributed by atoms with Gasteiger partial charge < -0.3 is 25.0 Å². The van der Waals surface area contributed by atoms with E-state index in [1.165, 1.54) is 0 Å². The fourth-order valence-corrected chi connectivity index (χ4v) is 3.30. The number of benzene rings is 1. The maximum Gasteiger partial charge on any atom is 0.251 e. The molecule has 162 valence electrons. The third kappa shape index (κ3) is 7.66. The van der Waals surface area contributed by atoms with Crippen LogP contribution in [0.3, 0.4) is 0 Å². The first-order valence-electron chi connectivity index (χ1n) is 10.5. The van der Waals surface area contributed by atoms with E-state index < -0.39 is 0 Å². The van der Waals surface area contributed by atoms with Gasteiger partial charge in [-0.2, -0.15) is 0 Å². The van der Waals surface area contributed by atoms with Crippen LogP contribution < -0.4 is 10.6 Å². The maximum absolute atomic E-state index is 12.3. The number of nitrogens with one attached hydrogen (secondary N) is 2. The van der Waals surface area contributed by atoms with E-state index in [4.69, 9.17) is 9.47 Å². The van der Waals surface area contributed by atoms with Crippen molar-refractivity contribution in [2.75, 3.05) is 47.1 Å². The Morgan fingerprint density at radius 3 is 2.93 bits per heavy atom. The summed E-state index contributed by atoms with van der Waals surface area (Å²) in [5, 5.41) is 6.44. The second-order valence-corrected chi connectivity index (χ2v) is 7.55. The van der Waals surface area contributed by atoms with Crippen LogP contribution in [0.2, 0.25) is 0 Å². The van der Waals surface area contributed by atoms with Crippen molar-refractivity contribution in [1.82, 2.24) is 15.5 Å². The largest absolute Gasteiger partial charge is 0.382 e. The number of likely N-dealkylation sites (tertiary alicyclic amines) is 1. The Morgan fingerprint density at radius 2 is 2.21 bits per heavy atom. The summed E-state index contributed by atoms with van der Waals surface area (Å²) in [4.78, 5) is 19.0. The van der Waals surface area contributed by atoms with E-state index in [2.05, 4.69) is 27.4 Å². The minimum Gasteiger partial charge on any atom is -0.382 e. The van der Waals surface area contributed by atoms with Crippen LogP contribution in [0.25, 0.3) is 0 Å².